The highest BCUT2D eigenvalue weighted by Gasteiger charge is 2.26. The molecule has 1 aromatic heterocycles. The van der Waals surface area contributed by atoms with Gasteiger partial charge in [-0.3, -0.25) is 9.56 Å². The third kappa shape index (κ3) is 2.43. The van der Waals surface area contributed by atoms with Gasteiger partial charge in [0, 0.05) is 16.1 Å². The summed E-state index contributed by atoms with van der Waals surface area (Å²) in [5.41, 5.74) is 3.83. The minimum absolute atomic E-state index is 0.143. The van der Waals surface area contributed by atoms with Crippen LogP contribution in [-0.4, -0.2) is 20.5 Å². The van der Waals surface area contributed by atoms with Gasteiger partial charge in [-0.1, -0.05) is 41.9 Å². The number of halogens is 2. The molecule has 120 valence electrons. The van der Waals surface area contributed by atoms with Gasteiger partial charge in [0.15, 0.2) is 11.6 Å². The van der Waals surface area contributed by atoms with E-state index in [1.807, 2.05) is 60.0 Å². The van der Waals surface area contributed by atoms with E-state index in [-0.39, 0.29) is 11.9 Å². The van der Waals surface area contributed by atoms with Crippen molar-refractivity contribution in [3.63, 3.8) is 0 Å². The van der Waals surface area contributed by atoms with Crippen molar-refractivity contribution in [1.82, 2.24) is 14.8 Å². The summed E-state index contributed by atoms with van der Waals surface area (Å²) < 4.78 is 1.99. The Balaban J connectivity index is 2.04. The van der Waals surface area contributed by atoms with Crippen molar-refractivity contribution in [3.05, 3.63) is 76.3 Å². The molecule has 3 aromatic rings. The number of rotatable bonds is 2. The summed E-state index contributed by atoms with van der Waals surface area (Å²) in [6, 6.07) is 15.7. The van der Waals surface area contributed by atoms with E-state index in [0.29, 0.717) is 10.8 Å². The molecule has 2 aromatic carbocycles. The third-order valence-electron chi connectivity index (χ3n) is 4.07. The second-order valence-corrected chi connectivity index (χ2v) is 6.33. The molecule has 1 aliphatic rings. The van der Waals surface area contributed by atoms with E-state index in [1.54, 1.807) is 0 Å². The summed E-state index contributed by atoms with van der Waals surface area (Å²) in [4.78, 5) is 4.91. The van der Waals surface area contributed by atoms with Crippen molar-refractivity contribution >= 4 is 28.9 Å². The van der Waals surface area contributed by atoms with Gasteiger partial charge in [-0.25, -0.2) is 0 Å². The molecule has 1 aliphatic heterocycles. The highest BCUT2D eigenvalue weighted by Crippen LogP contribution is 2.32. The maximum Gasteiger partial charge on any atom is 0.162 e. The van der Waals surface area contributed by atoms with E-state index in [1.165, 1.54) is 0 Å². The fourth-order valence-corrected chi connectivity index (χ4v) is 3.33. The van der Waals surface area contributed by atoms with Crippen LogP contribution in [0.3, 0.4) is 0 Å². The summed E-state index contributed by atoms with van der Waals surface area (Å²) in [6.45, 7) is 2.01. The summed E-state index contributed by atoms with van der Waals surface area (Å²) in [6.07, 6.45) is 0. The SMILES string of the molecule is CC1N=C(c2ccccc2)c2cc(Cl)ccc2-n2c(CCl)nnc21. The van der Waals surface area contributed by atoms with E-state index in [2.05, 4.69) is 10.2 Å². The van der Waals surface area contributed by atoms with Crippen molar-refractivity contribution in [2.45, 2.75) is 18.8 Å². The monoisotopic (exact) mass is 356 g/mol. The van der Waals surface area contributed by atoms with Crippen LogP contribution in [0.1, 0.15) is 35.7 Å². The fraction of sp³-hybridized carbons (Fsp3) is 0.167. The number of aliphatic imine (C=N–C) groups is 1. The first-order valence-electron chi connectivity index (χ1n) is 7.62. The van der Waals surface area contributed by atoms with E-state index in [0.717, 1.165) is 28.4 Å². The highest BCUT2D eigenvalue weighted by molar-refractivity contribution is 6.31. The average molecular weight is 357 g/mol. The molecule has 0 fully saturated rings. The maximum atomic E-state index is 6.27. The lowest BCUT2D eigenvalue weighted by Crippen LogP contribution is -2.09. The minimum atomic E-state index is -0.143. The van der Waals surface area contributed by atoms with Crippen molar-refractivity contribution in [3.8, 4) is 5.69 Å². The van der Waals surface area contributed by atoms with E-state index < -0.39 is 0 Å². The molecule has 0 N–H and O–H groups in total. The highest BCUT2D eigenvalue weighted by atomic mass is 35.5. The van der Waals surface area contributed by atoms with Crippen molar-refractivity contribution in [2.75, 3.05) is 0 Å². The number of aromatic nitrogens is 3. The topological polar surface area (TPSA) is 43.1 Å². The zero-order chi connectivity index (χ0) is 16.7. The van der Waals surface area contributed by atoms with Crippen LogP contribution >= 0.6 is 23.2 Å². The first kappa shape index (κ1) is 15.4. The van der Waals surface area contributed by atoms with Crippen molar-refractivity contribution in [1.29, 1.82) is 0 Å². The summed E-state index contributed by atoms with van der Waals surface area (Å²) >= 11 is 12.3. The van der Waals surface area contributed by atoms with Gasteiger partial charge in [0.2, 0.25) is 0 Å². The molecule has 1 unspecified atom stereocenters. The summed E-state index contributed by atoms with van der Waals surface area (Å²) in [5, 5.41) is 9.17. The first-order chi connectivity index (χ1) is 11.7. The van der Waals surface area contributed by atoms with Crippen LogP contribution in [0.4, 0.5) is 0 Å². The Morgan fingerprint density at radius 1 is 1.08 bits per heavy atom. The first-order valence-corrected chi connectivity index (χ1v) is 8.54. The molecule has 4 rings (SSSR count). The Hall–Kier alpha value is -2.17. The number of benzene rings is 2. The molecular formula is C18H14Cl2N4. The number of fused-ring (bicyclic) bond motifs is 3. The lowest BCUT2D eigenvalue weighted by molar-refractivity contribution is 0.721. The van der Waals surface area contributed by atoms with Crippen LogP contribution in [0.25, 0.3) is 5.69 Å². The Labute approximate surface area is 149 Å². The van der Waals surface area contributed by atoms with Crippen LogP contribution in [0.5, 0.6) is 0 Å². The van der Waals surface area contributed by atoms with Crippen LogP contribution in [-0.2, 0) is 5.88 Å². The number of hydrogen-bond donors (Lipinski definition) is 0. The molecule has 1 atom stereocenters. The number of hydrogen-bond acceptors (Lipinski definition) is 3. The van der Waals surface area contributed by atoms with E-state index in [9.17, 15) is 0 Å². The average Bonchev–Trinajstić information content (AvgIpc) is 2.99. The Morgan fingerprint density at radius 2 is 1.88 bits per heavy atom. The fourth-order valence-electron chi connectivity index (χ4n) is 2.99. The van der Waals surface area contributed by atoms with E-state index >= 15 is 0 Å². The Morgan fingerprint density at radius 3 is 2.62 bits per heavy atom. The quantitative estimate of drug-likeness (QED) is 0.631. The molecule has 0 radical (unpaired) electrons. The largest absolute Gasteiger partial charge is 0.279 e. The van der Waals surface area contributed by atoms with Gasteiger partial charge in [0.25, 0.3) is 0 Å². The van der Waals surface area contributed by atoms with Crippen LogP contribution in [0.15, 0.2) is 53.5 Å². The van der Waals surface area contributed by atoms with Crippen molar-refractivity contribution in [2.24, 2.45) is 4.99 Å². The smallest absolute Gasteiger partial charge is 0.162 e. The third-order valence-corrected chi connectivity index (χ3v) is 4.55. The summed E-state index contributed by atoms with van der Waals surface area (Å²) in [7, 11) is 0. The molecule has 0 spiro atoms. The predicted molar refractivity (Wildman–Crippen MR) is 96.4 cm³/mol. The van der Waals surface area contributed by atoms with Crippen LogP contribution in [0, 0.1) is 0 Å². The van der Waals surface area contributed by atoms with Gasteiger partial charge in [-0.2, -0.15) is 0 Å². The molecule has 0 saturated heterocycles. The van der Waals surface area contributed by atoms with Gasteiger partial charge in [0.05, 0.1) is 17.3 Å². The lowest BCUT2D eigenvalue weighted by Gasteiger charge is -2.13. The molecule has 0 aliphatic carbocycles. The molecule has 6 heteroatoms. The zero-order valence-corrected chi connectivity index (χ0v) is 14.5. The molecule has 0 amide bonds. The van der Waals surface area contributed by atoms with Crippen LogP contribution < -0.4 is 0 Å². The predicted octanol–water partition coefficient (Wildman–Crippen LogP) is 4.57. The molecule has 2 heterocycles. The lowest BCUT2D eigenvalue weighted by atomic mass is 10.0. The summed E-state index contributed by atoms with van der Waals surface area (Å²) in [5.74, 6) is 1.76. The molecule has 4 nitrogen and oxygen atoms in total. The number of alkyl halides is 1. The standard InChI is InChI=1S/C18H14Cl2N4/c1-11-18-23-22-16(10-19)24(18)15-8-7-13(20)9-14(15)17(21-11)12-5-3-2-4-6-12/h2-9,11H,10H2,1H3. The maximum absolute atomic E-state index is 6.27. The minimum Gasteiger partial charge on any atom is -0.279 e. The Kier molecular flexibility index (Phi) is 3.87. The number of nitrogens with zero attached hydrogens (tertiary/aromatic N) is 4. The normalized spacial score (nSPS) is 16.1. The molecule has 24 heavy (non-hydrogen) atoms. The molecular weight excluding hydrogens is 343 g/mol. The molecule has 0 saturated carbocycles. The van der Waals surface area contributed by atoms with Gasteiger partial charge in [0.1, 0.15) is 6.04 Å². The van der Waals surface area contributed by atoms with Gasteiger partial charge < -0.3 is 0 Å². The Bertz CT molecular complexity index is 931. The van der Waals surface area contributed by atoms with Crippen LogP contribution in [0.2, 0.25) is 5.02 Å². The second kappa shape index (κ2) is 6.04. The molecule has 0 bridgehead atoms. The zero-order valence-electron chi connectivity index (χ0n) is 12.9. The van der Waals surface area contributed by atoms with Gasteiger partial charge in [-0.05, 0) is 25.1 Å². The second-order valence-electron chi connectivity index (χ2n) is 5.62. The van der Waals surface area contributed by atoms with Crippen molar-refractivity contribution < 1.29 is 0 Å². The van der Waals surface area contributed by atoms with Gasteiger partial charge >= 0.3 is 0 Å². The van der Waals surface area contributed by atoms with E-state index in [4.69, 9.17) is 28.2 Å². The van der Waals surface area contributed by atoms with Gasteiger partial charge in [-0.15, -0.1) is 21.8 Å².